The third kappa shape index (κ3) is 17.7. The van der Waals surface area contributed by atoms with Crippen molar-refractivity contribution in [3.8, 4) is 0 Å². The topological polar surface area (TPSA) is 37.3 Å². The molecular formula is C3H4Cl4O2. The fourth-order valence-corrected chi connectivity index (χ4v) is 0. The van der Waals surface area contributed by atoms with E-state index in [0.29, 0.717) is 0 Å². The molecular weight excluding hydrogens is 210 g/mol. The van der Waals surface area contributed by atoms with Crippen LogP contribution in [-0.4, -0.2) is 21.3 Å². The minimum Gasteiger partial charge on any atom is -0.479 e. The molecule has 0 saturated carbocycles. The molecule has 0 aliphatic rings. The van der Waals surface area contributed by atoms with Crippen LogP contribution in [0.4, 0.5) is 0 Å². The van der Waals surface area contributed by atoms with Gasteiger partial charge in [-0.3, -0.25) is 0 Å². The van der Waals surface area contributed by atoms with Gasteiger partial charge in [0.15, 0.2) is 0 Å². The minimum absolute atomic E-state index is 0.194. The quantitative estimate of drug-likeness (QED) is 0.679. The van der Waals surface area contributed by atoms with E-state index >= 15 is 0 Å². The van der Waals surface area contributed by atoms with Crippen molar-refractivity contribution in [2.24, 2.45) is 0 Å². The molecule has 0 aromatic rings. The second-order valence-corrected chi connectivity index (χ2v) is 2.64. The summed E-state index contributed by atoms with van der Waals surface area (Å²) in [4.78, 5) is 8.15. The maximum absolute atomic E-state index is 9.44. The van der Waals surface area contributed by atoms with E-state index in [1.165, 1.54) is 0 Å². The average molecular weight is 214 g/mol. The number of halogens is 4. The first-order chi connectivity index (χ1) is 4.06. The van der Waals surface area contributed by atoms with Gasteiger partial charge in [-0.25, -0.2) is 4.79 Å². The van der Waals surface area contributed by atoms with Crippen LogP contribution >= 0.6 is 46.4 Å². The lowest BCUT2D eigenvalue weighted by atomic mass is 10.8. The first-order valence-electron chi connectivity index (χ1n) is 1.69. The lowest BCUT2D eigenvalue weighted by molar-refractivity contribution is -0.135. The van der Waals surface area contributed by atoms with Crippen molar-refractivity contribution in [1.82, 2.24) is 0 Å². The maximum atomic E-state index is 9.44. The van der Waals surface area contributed by atoms with E-state index in [2.05, 4.69) is 0 Å². The van der Waals surface area contributed by atoms with Crippen molar-refractivity contribution >= 4 is 52.4 Å². The number of carboxylic acids is 1. The predicted octanol–water partition coefficient (Wildman–Crippen LogP) is 2.30. The average Bonchev–Trinajstić information content (AvgIpc) is 1.68. The van der Waals surface area contributed by atoms with Gasteiger partial charge in [0, 0.05) is 0 Å². The van der Waals surface area contributed by atoms with E-state index in [0.717, 1.165) is 0 Å². The van der Waals surface area contributed by atoms with Crippen molar-refractivity contribution in [3.63, 3.8) is 0 Å². The van der Waals surface area contributed by atoms with Crippen LogP contribution in [0.1, 0.15) is 0 Å². The highest BCUT2D eigenvalue weighted by atomic mass is 35.5. The number of rotatable bonds is 1. The van der Waals surface area contributed by atoms with Gasteiger partial charge >= 0.3 is 5.97 Å². The van der Waals surface area contributed by atoms with Gasteiger partial charge in [0.2, 0.25) is 4.84 Å². The van der Waals surface area contributed by atoms with Gasteiger partial charge in [-0.1, -0.05) is 23.2 Å². The summed E-state index contributed by atoms with van der Waals surface area (Å²) < 4.78 is 0. The molecule has 0 rings (SSSR count). The Labute approximate surface area is 72.6 Å². The summed E-state index contributed by atoms with van der Waals surface area (Å²) in [6, 6.07) is 0. The maximum Gasteiger partial charge on any atom is 0.337 e. The summed E-state index contributed by atoms with van der Waals surface area (Å²) in [5.74, 6) is -1.21. The van der Waals surface area contributed by atoms with Gasteiger partial charge in [-0.05, 0) is 0 Å². The van der Waals surface area contributed by atoms with Crippen LogP contribution in [0.3, 0.4) is 0 Å². The van der Waals surface area contributed by atoms with Gasteiger partial charge < -0.3 is 5.11 Å². The van der Waals surface area contributed by atoms with Gasteiger partial charge in [0.05, 0.1) is 5.34 Å². The smallest absolute Gasteiger partial charge is 0.337 e. The normalized spacial score (nSPS) is 8.11. The van der Waals surface area contributed by atoms with Crippen molar-refractivity contribution in [2.45, 2.75) is 4.84 Å². The van der Waals surface area contributed by atoms with E-state index in [4.69, 9.17) is 51.5 Å². The Morgan fingerprint density at radius 3 is 1.56 bits per heavy atom. The van der Waals surface area contributed by atoms with E-state index in [1.54, 1.807) is 0 Å². The fourth-order valence-electron chi connectivity index (χ4n) is 0. The van der Waals surface area contributed by atoms with Crippen LogP contribution in [0.25, 0.3) is 0 Å². The van der Waals surface area contributed by atoms with Gasteiger partial charge in [0.25, 0.3) is 0 Å². The number of alkyl halides is 4. The van der Waals surface area contributed by atoms with Crippen LogP contribution in [0.2, 0.25) is 0 Å². The Morgan fingerprint density at radius 2 is 1.56 bits per heavy atom. The number of aliphatic carboxylic acids is 1. The summed E-state index contributed by atoms with van der Waals surface area (Å²) in [6.45, 7) is 0. The zero-order chi connectivity index (χ0) is 7.86. The molecule has 0 spiro atoms. The molecule has 0 radical (unpaired) electrons. The third-order valence-electron chi connectivity index (χ3n) is 0.187. The monoisotopic (exact) mass is 212 g/mol. The molecule has 6 heteroatoms. The Kier molecular flexibility index (Phi) is 11.8. The molecule has 1 N–H and O–H groups in total. The number of hydrogen-bond donors (Lipinski definition) is 1. The lowest BCUT2D eigenvalue weighted by Crippen LogP contribution is -2.03. The van der Waals surface area contributed by atoms with Gasteiger partial charge in [0.1, 0.15) is 0 Å². The molecule has 0 atom stereocenters. The highest BCUT2D eigenvalue weighted by Gasteiger charge is 2.05. The second-order valence-electron chi connectivity index (χ2n) is 0.740. The Morgan fingerprint density at radius 1 is 1.44 bits per heavy atom. The zero-order valence-electron chi connectivity index (χ0n) is 4.15. The number of hydrogen-bond acceptors (Lipinski definition) is 1. The third-order valence-corrected chi connectivity index (χ3v) is 0.560. The molecule has 9 heavy (non-hydrogen) atoms. The first kappa shape index (κ1) is 12.3. The zero-order valence-corrected chi connectivity index (χ0v) is 7.18. The van der Waals surface area contributed by atoms with Crippen LogP contribution in [0, 0.1) is 0 Å². The van der Waals surface area contributed by atoms with Crippen LogP contribution in [0.15, 0.2) is 0 Å². The first-order valence-corrected chi connectivity index (χ1v) is 3.63. The summed E-state index contributed by atoms with van der Waals surface area (Å²) in [6.07, 6.45) is 0. The molecule has 0 aromatic heterocycles. The minimum atomic E-state index is -1.29. The predicted molar refractivity (Wildman–Crippen MR) is 39.7 cm³/mol. The molecule has 0 fully saturated rings. The number of carboxylic acid groups (broad SMARTS) is 1. The number of carbonyl (C=O) groups is 1. The standard InChI is InChI=1S/C2H2Cl2O2.CH2Cl2/c3-1(4)2(5)6;2-1-3/h1H,(H,5,6);1H2. The molecule has 56 valence electrons. The Bertz CT molecular complexity index is 74.2. The molecule has 0 heterocycles. The Balaban J connectivity index is 0. The van der Waals surface area contributed by atoms with Gasteiger partial charge in [-0.2, -0.15) is 0 Å². The summed E-state index contributed by atoms with van der Waals surface area (Å²) >= 11 is 19.1. The highest BCUT2D eigenvalue weighted by molar-refractivity contribution is 6.52. The molecule has 0 aliphatic carbocycles. The molecule has 0 aromatic carbocycles. The van der Waals surface area contributed by atoms with E-state index in [-0.39, 0.29) is 5.34 Å². The summed E-state index contributed by atoms with van der Waals surface area (Å²) in [7, 11) is 0. The molecule has 0 aliphatic heterocycles. The largest absolute Gasteiger partial charge is 0.479 e. The van der Waals surface area contributed by atoms with Crippen molar-refractivity contribution in [2.75, 3.05) is 5.34 Å². The van der Waals surface area contributed by atoms with Crippen molar-refractivity contribution in [1.29, 1.82) is 0 Å². The van der Waals surface area contributed by atoms with E-state index in [9.17, 15) is 4.79 Å². The van der Waals surface area contributed by atoms with Crippen molar-refractivity contribution in [3.05, 3.63) is 0 Å². The molecule has 2 nitrogen and oxygen atoms in total. The van der Waals surface area contributed by atoms with Crippen LogP contribution in [0.5, 0.6) is 0 Å². The summed E-state index contributed by atoms with van der Waals surface area (Å²) in [5, 5.41) is 7.92. The van der Waals surface area contributed by atoms with Crippen LogP contribution < -0.4 is 0 Å². The van der Waals surface area contributed by atoms with E-state index in [1.807, 2.05) is 0 Å². The van der Waals surface area contributed by atoms with Gasteiger partial charge in [-0.15, -0.1) is 23.2 Å². The SMILES string of the molecule is ClCCl.O=C(O)C(Cl)Cl. The molecule has 0 unspecified atom stereocenters. The molecule has 0 saturated heterocycles. The molecule has 0 bridgehead atoms. The van der Waals surface area contributed by atoms with Crippen LogP contribution in [-0.2, 0) is 4.79 Å². The molecule has 0 amide bonds. The fraction of sp³-hybridized carbons (Fsp3) is 0.667. The summed E-state index contributed by atoms with van der Waals surface area (Å²) in [5.41, 5.74) is 0. The Hall–Kier alpha value is 0.630. The second kappa shape index (κ2) is 8.63. The highest BCUT2D eigenvalue weighted by Crippen LogP contribution is 1.98. The van der Waals surface area contributed by atoms with Crippen molar-refractivity contribution < 1.29 is 9.90 Å². The lowest BCUT2D eigenvalue weighted by Gasteiger charge is -1.84. The van der Waals surface area contributed by atoms with E-state index < -0.39 is 10.8 Å².